The Labute approximate surface area is 152 Å². The molecule has 5 nitrogen and oxygen atoms in total. The second kappa shape index (κ2) is 6.46. The van der Waals surface area contributed by atoms with E-state index in [0.29, 0.717) is 16.5 Å². The Morgan fingerprint density at radius 1 is 1.28 bits per heavy atom. The van der Waals surface area contributed by atoms with E-state index in [2.05, 4.69) is 11.6 Å². The summed E-state index contributed by atoms with van der Waals surface area (Å²) in [5.41, 5.74) is 8.72. The van der Waals surface area contributed by atoms with Gasteiger partial charge in [-0.25, -0.2) is 8.42 Å². The fraction of sp³-hybridized carbons (Fsp3) is 0.389. The van der Waals surface area contributed by atoms with Crippen LogP contribution in [0.15, 0.2) is 23.1 Å². The largest absolute Gasteiger partial charge is 0.365 e. The van der Waals surface area contributed by atoms with Gasteiger partial charge in [-0.1, -0.05) is 13.0 Å². The van der Waals surface area contributed by atoms with E-state index in [0.717, 1.165) is 40.8 Å². The lowest BCUT2D eigenvalue weighted by molar-refractivity contribution is 0.100. The lowest BCUT2D eigenvalue weighted by Crippen LogP contribution is -2.19. The van der Waals surface area contributed by atoms with E-state index < -0.39 is 15.9 Å². The lowest BCUT2D eigenvalue weighted by Gasteiger charge is -2.18. The zero-order chi connectivity index (χ0) is 18.4. The fourth-order valence-electron chi connectivity index (χ4n) is 3.15. The van der Waals surface area contributed by atoms with Crippen molar-refractivity contribution in [2.45, 2.75) is 44.9 Å². The third-order valence-corrected chi connectivity index (χ3v) is 7.42. The van der Waals surface area contributed by atoms with Crippen LogP contribution in [0.3, 0.4) is 0 Å². The van der Waals surface area contributed by atoms with Gasteiger partial charge in [0.2, 0.25) is 0 Å². The zero-order valence-electron chi connectivity index (χ0n) is 14.5. The number of anilines is 1. The van der Waals surface area contributed by atoms with Crippen LogP contribution in [0.5, 0.6) is 0 Å². The number of aryl methyl sites for hydroxylation is 2. The number of fused-ring (bicyclic) bond motifs is 1. The molecule has 3 N–H and O–H groups in total. The van der Waals surface area contributed by atoms with E-state index in [1.54, 1.807) is 18.2 Å². The van der Waals surface area contributed by atoms with Gasteiger partial charge in [0, 0.05) is 4.88 Å². The molecule has 0 spiro atoms. The van der Waals surface area contributed by atoms with Crippen molar-refractivity contribution in [3.8, 4) is 0 Å². The number of rotatable bonds is 4. The Balaban J connectivity index is 2.02. The Hall–Kier alpha value is -1.86. The molecule has 7 heteroatoms. The quantitative estimate of drug-likeness (QED) is 0.854. The van der Waals surface area contributed by atoms with Crippen molar-refractivity contribution in [2.24, 2.45) is 11.7 Å². The maximum Gasteiger partial charge on any atom is 0.262 e. The van der Waals surface area contributed by atoms with E-state index in [1.165, 1.54) is 11.3 Å². The minimum absolute atomic E-state index is 0.186. The molecule has 0 saturated heterocycles. The second-order valence-corrected chi connectivity index (χ2v) is 9.56. The van der Waals surface area contributed by atoms with Gasteiger partial charge < -0.3 is 5.73 Å². The van der Waals surface area contributed by atoms with Crippen molar-refractivity contribution in [1.29, 1.82) is 0 Å². The molecule has 1 atom stereocenters. The SMILES string of the molecule is Cc1ccc(S(=O)(=O)Nc2sc3c(c2C(N)=O)CC[C@H](C)C3)cc1C. The molecule has 1 aromatic carbocycles. The zero-order valence-corrected chi connectivity index (χ0v) is 16.2. The molecule has 1 aliphatic carbocycles. The molecule has 2 aromatic rings. The maximum absolute atomic E-state index is 12.8. The van der Waals surface area contributed by atoms with Crippen LogP contribution in [-0.2, 0) is 22.9 Å². The third-order valence-electron chi connectivity index (χ3n) is 4.77. The van der Waals surface area contributed by atoms with E-state index in [4.69, 9.17) is 5.73 Å². The Kier molecular flexibility index (Phi) is 4.64. The molecule has 1 aliphatic rings. The van der Waals surface area contributed by atoms with Gasteiger partial charge in [-0.05, 0) is 67.9 Å². The summed E-state index contributed by atoms with van der Waals surface area (Å²) >= 11 is 1.33. The minimum atomic E-state index is -3.77. The second-order valence-electron chi connectivity index (χ2n) is 6.77. The molecule has 3 rings (SSSR count). The Bertz CT molecular complexity index is 945. The highest BCUT2D eigenvalue weighted by Gasteiger charge is 2.28. The fourth-order valence-corrected chi connectivity index (χ4v) is 5.95. The predicted octanol–water partition coefficient (Wildman–Crippen LogP) is 3.39. The predicted molar refractivity (Wildman–Crippen MR) is 101 cm³/mol. The molecule has 0 aliphatic heterocycles. The highest BCUT2D eigenvalue weighted by atomic mass is 32.2. The summed E-state index contributed by atoms with van der Waals surface area (Å²) in [6.07, 6.45) is 2.59. The average Bonchev–Trinajstić information content (AvgIpc) is 2.85. The molecule has 1 amide bonds. The van der Waals surface area contributed by atoms with Crippen molar-refractivity contribution in [3.63, 3.8) is 0 Å². The summed E-state index contributed by atoms with van der Waals surface area (Å²) < 4.78 is 28.1. The van der Waals surface area contributed by atoms with Gasteiger partial charge in [-0.3, -0.25) is 9.52 Å². The lowest BCUT2D eigenvalue weighted by atomic mass is 9.88. The van der Waals surface area contributed by atoms with E-state index in [-0.39, 0.29) is 4.90 Å². The van der Waals surface area contributed by atoms with Gasteiger partial charge >= 0.3 is 0 Å². The van der Waals surface area contributed by atoms with Crippen molar-refractivity contribution in [3.05, 3.63) is 45.3 Å². The number of carbonyl (C=O) groups is 1. The molecule has 0 fully saturated rings. The number of primary amides is 1. The molecule has 1 aromatic heterocycles. The van der Waals surface area contributed by atoms with Crippen molar-refractivity contribution >= 4 is 32.3 Å². The monoisotopic (exact) mass is 378 g/mol. The Morgan fingerprint density at radius 3 is 2.64 bits per heavy atom. The summed E-state index contributed by atoms with van der Waals surface area (Å²) in [6, 6.07) is 4.99. The van der Waals surface area contributed by atoms with E-state index >= 15 is 0 Å². The van der Waals surface area contributed by atoms with Gasteiger partial charge in [0.05, 0.1) is 10.5 Å². The summed E-state index contributed by atoms with van der Waals surface area (Å²) in [6.45, 7) is 5.96. The van der Waals surface area contributed by atoms with Crippen molar-refractivity contribution in [1.82, 2.24) is 0 Å². The minimum Gasteiger partial charge on any atom is -0.365 e. The smallest absolute Gasteiger partial charge is 0.262 e. The van der Waals surface area contributed by atoms with Gasteiger partial charge in [-0.2, -0.15) is 0 Å². The highest BCUT2D eigenvalue weighted by molar-refractivity contribution is 7.93. The first-order valence-corrected chi connectivity index (χ1v) is 10.5. The number of sulfonamides is 1. The van der Waals surface area contributed by atoms with Crippen LogP contribution in [0.2, 0.25) is 0 Å². The number of nitrogens with two attached hydrogens (primary N) is 1. The molecular formula is C18H22N2O3S2. The number of carbonyl (C=O) groups excluding carboxylic acids is 1. The standard InChI is InChI=1S/C18H22N2O3S2/c1-10-4-7-14-15(8-10)24-18(16(14)17(19)21)20-25(22,23)13-6-5-11(2)12(3)9-13/h5-6,9-10,20H,4,7-8H2,1-3H3,(H2,19,21)/t10-/m0/s1. The number of benzene rings is 1. The first kappa shape index (κ1) is 17.9. The van der Waals surface area contributed by atoms with Crippen molar-refractivity contribution < 1.29 is 13.2 Å². The molecule has 25 heavy (non-hydrogen) atoms. The van der Waals surface area contributed by atoms with E-state index in [9.17, 15) is 13.2 Å². The molecule has 0 radical (unpaired) electrons. The first-order valence-electron chi connectivity index (χ1n) is 8.23. The molecule has 134 valence electrons. The average molecular weight is 379 g/mol. The highest BCUT2D eigenvalue weighted by Crippen LogP contribution is 2.40. The van der Waals surface area contributed by atoms with Crippen LogP contribution in [0.4, 0.5) is 5.00 Å². The van der Waals surface area contributed by atoms with Gasteiger partial charge in [0.25, 0.3) is 15.9 Å². The maximum atomic E-state index is 12.8. The van der Waals surface area contributed by atoms with E-state index in [1.807, 2.05) is 13.8 Å². The summed E-state index contributed by atoms with van der Waals surface area (Å²) in [5, 5.41) is 0.338. The van der Waals surface area contributed by atoms with Crippen molar-refractivity contribution in [2.75, 3.05) is 4.72 Å². The molecule has 0 unspecified atom stereocenters. The molecular weight excluding hydrogens is 356 g/mol. The van der Waals surface area contributed by atoms with Gasteiger partial charge in [0.15, 0.2) is 0 Å². The van der Waals surface area contributed by atoms with Crippen LogP contribution in [0.1, 0.15) is 45.3 Å². The van der Waals surface area contributed by atoms with Gasteiger partial charge in [-0.15, -0.1) is 11.3 Å². The molecule has 1 heterocycles. The van der Waals surface area contributed by atoms with Crippen LogP contribution in [0, 0.1) is 19.8 Å². The number of nitrogens with one attached hydrogen (secondary N) is 1. The number of hydrogen-bond acceptors (Lipinski definition) is 4. The Morgan fingerprint density at radius 2 is 2.00 bits per heavy atom. The number of amides is 1. The van der Waals surface area contributed by atoms with Crippen LogP contribution < -0.4 is 10.5 Å². The van der Waals surface area contributed by atoms with Crippen LogP contribution >= 0.6 is 11.3 Å². The molecule has 0 saturated carbocycles. The topological polar surface area (TPSA) is 89.3 Å². The summed E-state index contributed by atoms with van der Waals surface area (Å²) in [5.74, 6) is -0.0547. The van der Waals surface area contributed by atoms with Crippen LogP contribution in [-0.4, -0.2) is 14.3 Å². The molecule has 0 bridgehead atoms. The normalized spacial score (nSPS) is 17.2. The summed E-state index contributed by atoms with van der Waals surface area (Å²) in [7, 11) is -3.77. The van der Waals surface area contributed by atoms with Gasteiger partial charge in [0.1, 0.15) is 5.00 Å². The number of hydrogen-bond donors (Lipinski definition) is 2. The summed E-state index contributed by atoms with van der Waals surface area (Å²) in [4.78, 5) is 13.2. The first-order chi connectivity index (χ1) is 11.7. The third kappa shape index (κ3) is 3.43. The number of thiophene rings is 1. The van der Waals surface area contributed by atoms with Crippen LogP contribution in [0.25, 0.3) is 0 Å².